The average molecular weight is 291 g/mol. The summed E-state index contributed by atoms with van der Waals surface area (Å²) in [4.78, 5) is 4.62. The molecule has 4 unspecified atom stereocenters. The predicted molar refractivity (Wildman–Crippen MR) is 77.6 cm³/mol. The Labute approximate surface area is 125 Å². The van der Waals surface area contributed by atoms with Crippen molar-refractivity contribution >= 4 is 0 Å². The van der Waals surface area contributed by atoms with Crippen molar-refractivity contribution in [3.05, 3.63) is 11.7 Å². The molecule has 1 aromatic heterocycles. The number of hydrogen-bond donors (Lipinski definition) is 1. The summed E-state index contributed by atoms with van der Waals surface area (Å²) in [6, 6.07) is 0. The molecule has 4 atom stereocenters. The first-order valence-electron chi connectivity index (χ1n) is 8.36. The molecular formula is C16H25N3O2. The van der Waals surface area contributed by atoms with Crippen molar-refractivity contribution in [2.75, 3.05) is 6.61 Å². The third-order valence-electron chi connectivity index (χ3n) is 5.68. The fraction of sp³-hybridized carbons (Fsp3) is 0.875. The number of rotatable bonds is 5. The zero-order valence-electron chi connectivity index (χ0n) is 12.8. The van der Waals surface area contributed by atoms with Crippen LogP contribution in [0, 0.1) is 11.8 Å². The van der Waals surface area contributed by atoms with Crippen molar-refractivity contribution in [2.24, 2.45) is 17.6 Å². The average Bonchev–Trinajstić information content (AvgIpc) is 3.12. The maximum absolute atomic E-state index is 6.34. The van der Waals surface area contributed by atoms with Gasteiger partial charge in [0.1, 0.15) is 5.54 Å². The molecule has 116 valence electrons. The largest absolute Gasteiger partial charge is 0.376 e. The molecule has 0 aliphatic heterocycles. The van der Waals surface area contributed by atoms with E-state index in [-0.39, 0.29) is 0 Å². The number of fused-ring (bicyclic) bond motifs is 2. The Morgan fingerprint density at radius 1 is 1.29 bits per heavy atom. The van der Waals surface area contributed by atoms with Crippen LogP contribution in [0.3, 0.4) is 0 Å². The van der Waals surface area contributed by atoms with Crippen molar-refractivity contribution < 1.29 is 9.26 Å². The lowest BCUT2D eigenvalue weighted by molar-refractivity contribution is -0.0222. The van der Waals surface area contributed by atoms with Crippen molar-refractivity contribution in [3.63, 3.8) is 0 Å². The van der Waals surface area contributed by atoms with Crippen LogP contribution in [0.4, 0.5) is 0 Å². The first-order chi connectivity index (χ1) is 10.1. The zero-order valence-corrected chi connectivity index (χ0v) is 12.8. The summed E-state index contributed by atoms with van der Waals surface area (Å²) in [7, 11) is 0. The van der Waals surface area contributed by atoms with E-state index in [0.717, 1.165) is 30.6 Å². The summed E-state index contributed by atoms with van der Waals surface area (Å²) >= 11 is 0. The molecule has 0 radical (unpaired) electrons. The van der Waals surface area contributed by atoms with E-state index in [2.05, 4.69) is 10.1 Å². The van der Waals surface area contributed by atoms with Gasteiger partial charge in [0.25, 0.3) is 0 Å². The minimum absolute atomic E-state index is 0.379. The van der Waals surface area contributed by atoms with Crippen molar-refractivity contribution in [3.8, 4) is 0 Å². The molecule has 5 nitrogen and oxygen atoms in total. The quantitative estimate of drug-likeness (QED) is 0.903. The minimum atomic E-state index is -0.658. The molecule has 2 bridgehead atoms. The molecule has 1 heterocycles. The van der Waals surface area contributed by atoms with Crippen molar-refractivity contribution in [1.82, 2.24) is 10.1 Å². The molecule has 3 fully saturated rings. The maximum Gasteiger partial charge on any atom is 0.230 e. The molecule has 5 heteroatoms. The van der Waals surface area contributed by atoms with Gasteiger partial charge in [0, 0.05) is 5.92 Å². The summed E-state index contributed by atoms with van der Waals surface area (Å²) in [6.07, 6.45) is 9.20. The maximum atomic E-state index is 6.34. The number of nitrogens with two attached hydrogens (primary N) is 1. The van der Waals surface area contributed by atoms with E-state index in [1.807, 2.05) is 6.92 Å². The molecule has 21 heavy (non-hydrogen) atoms. The first kappa shape index (κ1) is 13.7. The summed E-state index contributed by atoms with van der Waals surface area (Å²) in [5.74, 6) is 3.49. The highest BCUT2D eigenvalue weighted by atomic mass is 16.5. The number of ether oxygens (including phenoxy) is 1. The second kappa shape index (κ2) is 5.06. The van der Waals surface area contributed by atoms with Gasteiger partial charge in [-0.05, 0) is 57.3 Å². The highest BCUT2D eigenvalue weighted by Crippen LogP contribution is 2.52. The molecule has 2 N–H and O–H groups in total. The monoisotopic (exact) mass is 291 g/mol. The Balaban J connectivity index is 1.43. The topological polar surface area (TPSA) is 74.2 Å². The molecule has 3 saturated carbocycles. The van der Waals surface area contributed by atoms with E-state index < -0.39 is 5.54 Å². The van der Waals surface area contributed by atoms with E-state index in [4.69, 9.17) is 15.0 Å². The van der Waals surface area contributed by atoms with Gasteiger partial charge in [-0.2, -0.15) is 4.98 Å². The van der Waals surface area contributed by atoms with Crippen LogP contribution >= 0.6 is 0 Å². The molecule has 3 aliphatic carbocycles. The zero-order chi connectivity index (χ0) is 14.4. The normalized spacial score (nSPS) is 34.9. The predicted octanol–water partition coefficient (Wildman–Crippen LogP) is 2.72. The fourth-order valence-electron chi connectivity index (χ4n) is 4.06. The smallest absolute Gasteiger partial charge is 0.230 e. The molecule has 4 rings (SSSR count). The van der Waals surface area contributed by atoms with Gasteiger partial charge in [-0.1, -0.05) is 11.6 Å². The molecule has 0 aromatic carbocycles. The van der Waals surface area contributed by atoms with Crippen LogP contribution in [0.2, 0.25) is 0 Å². The van der Waals surface area contributed by atoms with Crippen LogP contribution in [0.5, 0.6) is 0 Å². The standard InChI is InChI=1S/C16H25N3O2/c1-16(17,9-20-12-3-2-4-12)15-18-14(21-19-15)13-8-10-5-6-11(13)7-10/h10-13H,2-9,17H2,1H3. The Morgan fingerprint density at radius 3 is 2.76 bits per heavy atom. The van der Waals surface area contributed by atoms with Gasteiger partial charge in [0.2, 0.25) is 5.89 Å². The van der Waals surface area contributed by atoms with Crippen LogP contribution in [0.25, 0.3) is 0 Å². The van der Waals surface area contributed by atoms with Crippen LogP contribution in [0.15, 0.2) is 4.52 Å². The van der Waals surface area contributed by atoms with Crippen LogP contribution < -0.4 is 5.73 Å². The third-order valence-corrected chi connectivity index (χ3v) is 5.68. The minimum Gasteiger partial charge on any atom is -0.376 e. The molecular weight excluding hydrogens is 266 g/mol. The van der Waals surface area contributed by atoms with Gasteiger partial charge in [0.15, 0.2) is 5.82 Å². The Kier molecular flexibility index (Phi) is 3.30. The second-order valence-electron chi connectivity index (χ2n) is 7.52. The van der Waals surface area contributed by atoms with E-state index in [0.29, 0.717) is 24.5 Å². The molecule has 0 saturated heterocycles. The lowest BCUT2D eigenvalue weighted by Gasteiger charge is -2.29. The van der Waals surface area contributed by atoms with Gasteiger partial charge in [-0.25, -0.2) is 0 Å². The Hall–Kier alpha value is -0.940. The van der Waals surface area contributed by atoms with Gasteiger partial charge in [-0.3, -0.25) is 0 Å². The van der Waals surface area contributed by atoms with Gasteiger partial charge in [0.05, 0.1) is 12.7 Å². The number of hydrogen-bond acceptors (Lipinski definition) is 5. The highest BCUT2D eigenvalue weighted by Gasteiger charge is 2.43. The second-order valence-corrected chi connectivity index (χ2v) is 7.52. The van der Waals surface area contributed by atoms with Gasteiger partial charge >= 0.3 is 0 Å². The Bertz CT molecular complexity index is 509. The highest BCUT2D eigenvalue weighted by molar-refractivity contribution is 5.08. The van der Waals surface area contributed by atoms with Crippen LogP contribution in [0.1, 0.15) is 69.5 Å². The summed E-state index contributed by atoms with van der Waals surface area (Å²) in [5, 5.41) is 4.15. The third kappa shape index (κ3) is 2.50. The lowest BCUT2D eigenvalue weighted by Crippen LogP contribution is -2.41. The van der Waals surface area contributed by atoms with E-state index in [1.165, 1.54) is 32.1 Å². The van der Waals surface area contributed by atoms with E-state index in [9.17, 15) is 0 Å². The lowest BCUT2D eigenvalue weighted by atomic mass is 9.89. The molecule has 3 aliphatic rings. The summed E-state index contributed by atoms with van der Waals surface area (Å²) in [6.45, 7) is 2.40. The summed E-state index contributed by atoms with van der Waals surface area (Å²) in [5.41, 5.74) is 5.69. The number of aromatic nitrogens is 2. The molecule has 1 aromatic rings. The van der Waals surface area contributed by atoms with E-state index in [1.54, 1.807) is 0 Å². The summed E-state index contributed by atoms with van der Waals surface area (Å²) < 4.78 is 11.4. The van der Waals surface area contributed by atoms with Crippen LogP contribution in [-0.4, -0.2) is 22.9 Å². The van der Waals surface area contributed by atoms with Crippen molar-refractivity contribution in [1.29, 1.82) is 0 Å². The molecule has 0 spiro atoms. The Morgan fingerprint density at radius 2 is 2.14 bits per heavy atom. The van der Waals surface area contributed by atoms with Gasteiger partial charge in [-0.15, -0.1) is 0 Å². The molecule has 0 amide bonds. The number of nitrogens with zero attached hydrogens (tertiary/aromatic N) is 2. The fourth-order valence-corrected chi connectivity index (χ4v) is 4.06. The van der Waals surface area contributed by atoms with Gasteiger partial charge < -0.3 is 15.0 Å². The SMILES string of the molecule is CC(N)(COC1CCC1)c1noc(C2CC3CCC2C3)n1. The van der Waals surface area contributed by atoms with E-state index >= 15 is 0 Å². The first-order valence-corrected chi connectivity index (χ1v) is 8.36. The van der Waals surface area contributed by atoms with Crippen LogP contribution in [-0.2, 0) is 10.3 Å². The van der Waals surface area contributed by atoms with Crippen molar-refractivity contribution in [2.45, 2.75) is 69.4 Å².